The third-order valence-corrected chi connectivity index (χ3v) is 6.22. The molecule has 1 N–H and O–H groups in total. The molecule has 2 bridgehead atoms. The molecule has 0 aromatic heterocycles. The minimum atomic E-state index is -3.34. The normalized spacial score (nSPS) is 39.0. The second-order valence-corrected chi connectivity index (χ2v) is 8.85. The molecule has 3 aliphatic rings. The summed E-state index contributed by atoms with van der Waals surface area (Å²) in [5.74, 6) is 0.656. The summed E-state index contributed by atoms with van der Waals surface area (Å²) >= 11 is 0. The lowest BCUT2D eigenvalue weighted by molar-refractivity contribution is 0.00823. The number of hydrogen-bond acceptors (Lipinski definition) is 4. The molecule has 0 radical (unpaired) electrons. The molecule has 0 amide bonds. The van der Waals surface area contributed by atoms with E-state index in [1.807, 2.05) is 0 Å². The average molecular weight is 301 g/mol. The highest BCUT2D eigenvalue weighted by Gasteiger charge is 2.48. The van der Waals surface area contributed by atoms with Gasteiger partial charge in [-0.2, -0.15) is 8.42 Å². The van der Waals surface area contributed by atoms with Gasteiger partial charge in [0.05, 0.1) is 12.9 Å². The van der Waals surface area contributed by atoms with Crippen molar-refractivity contribution in [3.8, 4) is 0 Å². The quantitative estimate of drug-likeness (QED) is 0.810. The van der Waals surface area contributed by atoms with Crippen LogP contribution in [-0.2, 0) is 14.3 Å². The van der Waals surface area contributed by atoms with Crippen molar-refractivity contribution in [2.24, 2.45) is 11.3 Å². The molecular formula is C15H27NO3S. The van der Waals surface area contributed by atoms with E-state index >= 15 is 0 Å². The van der Waals surface area contributed by atoms with Crippen molar-refractivity contribution in [2.75, 3.05) is 12.9 Å². The van der Waals surface area contributed by atoms with Crippen molar-refractivity contribution in [1.82, 2.24) is 5.32 Å². The lowest BCUT2D eigenvalue weighted by Gasteiger charge is -2.47. The van der Waals surface area contributed by atoms with Gasteiger partial charge in [-0.05, 0) is 44.4 Å². The molecule has 5 heteroatoms. The molecule has 20 heavy (non-hydrogen) atoms. The van der Waals surface area contributed by atoms with Crippen LogP contribution in [0.4, 0.5) is 0 Å². The Balaban J connectivity index is 1.78. The van der Waals surface area contributed by atoms with Crippen LogP contribution in [0.15, 0.2) is 0 Å². The van der Waals surface area contributed by atoms with Gasteiger partial charge in [0.1, 0.15) is 0 Å². The summed E-state index contributed by atoms with van der Waals surface area (Å²) in [5, 5.41) is 3.68. The SMILES string of the molecule is CS(=O)(=O)OCC1(C2CCCCC2)CC2CCC(C1)N2. The molecule has 1 aliphatic carbocycles. The van der Waals surface area contributed by atoms with Crippen molar-refractivity contribution >= 4 is 10.1 Å². The van der Waals surface area contributed by atoms with Gasteiger partial charge < -0.3 is 5.32 Å². The molecule has 2 heterocycles. The lowest BCUT2D eigenvalue weighted by Crippen LogP contribution is -2.50. The summed E-state index contributed by atoms with van der Waals surface area (Å²) in [6.45, 7) is 0.408. The molecule has 3 rings (SSSR count). The van der Waals surface area contributed by atoms with E-state index in [0.717, 1.165) is 12.8 Å². The third-order valence-electron chi connectivity index (χ3n) is 5.67. The molecule has 4 nitrogen and oxygen atoms in total. The van der Waals surface area contributed by atoms with E-state index < -0.39 is 10.1 Å². The zero-order chi connectivity index (χ0) is 14.2. The van der Waals surface area contributed by atoms with Crippen LogP contribution in [-0.4, -0.2) is 33.4 Å². The van der Waals surface area contributed by atoms with Gasteiger partial charge in [-0.15, -0.1) is 0 Å². The predicted molar refractivity (Wildman–Crippen MR) is 79.0 cm³/mol. The fraction of sp³-hybridized carbons (Fsp3) is 1.00. The number of piperidine rings is 1. The Hall–Kier alpha value is -0.130. The van der Waals surface area contributed by atoms with Gasteiger partial charge in [0.15, 0.2) is 0 Å². The summed E-state index contributed by atoms with van der Waals surface area (Å²) in [4.78, 5) is 0. The van der Waals surface area contributed by atoms with E-state index in [1.165, 1.54) is 51.2 Å². The lowest BCUT2D eigenvalue weighted by atomic mass is 9.63. The first-order chi connectivity index (χ1) is 9.47. The average Bonchev–Trinajstić information content (AvgIpc) is 2.76. The smallest absolute Gasteiger partial charge is 0.264 e. The summed E-state index contributed by atoms with van der Waals surface area (Å²) in [6.07, 6.45) is 12.3. The molecule has 0 aromatic carbocycles. The minimum absolute atomic E-state index is 0.0978. The molecule has 116 valence electrons. The van der Waals surface area contributed by atoms with Crippen LogP contribution in [0.5, 0.6) is 0 Å². The predicted octanol–water partition coefficient (Wildman–Crippen LogP) is 2.44. The number of nitrogens with one attached hydrogen (secondary N) is 1. The van der Waals surface area contributed by atoms with Crippen molar-refractivity contribution in [2.45, 2.75) is 69.9 Å². The maximum atomic E-state index is 11.4. The van der Waals surface area contributed by atoms with Crippen molar-refractivity contribution in [3.05, 3.63) is 0 Å². The molecule has 2 unspecified atom stereocenters. The molecule has 2 saturated heterocycles. The number of hydrogen-bond donors (Lipinski definition) is 1. The van der Waals surface area contributed by atoms with Crippen LogP contribution in [0.2, 0.25) is 0 Å². The Morgan fingerprint density at radius 1 is 1.05 bits per heavy atom. The zero-order valence-electron chi connectivity index (χ0n) is 12.4. The van der Waals surface area contributed by atoms with E-state index in [1.54, 1.807) is 0 Å². The Kier molecular flexibility index (Phi) is 4.13. The minimum Gasteiger partial charge on any atom is -0.311 e. The Labute approximate surface area is 122 Å². The second kappa shape index (κ2) is 5.58. The summed E-state index contributed by atoms with van der Waals surface area (Å²) in [7, 11) is -3.34. The van der Waals surface area contributed by atoms with Gasteiger partial charge in [0, 0.05) is 17.5 Å². The first-order valence-corrected chi connectivity index (χ1v) is 9.89. The fourth-order valence-corrected chi connectivity index (χ4v) is 5.25. The summed E-state index contributed by atoms with van der Waals surface area (Å²) in [6, 6.07) is 1.16. The van der Waals surface area contributed by atoms with Gasteiger partial charge in [0.25, 0.3) is 10.1 Å². The molecule has 2 atom stereocenters. The van der Waals surface area contributed by atoms with Crippen LogP contribution in [0.3, 0.4) is 0 Å². The van der Waals surface area contributed by atoms with Crippen LogP contribution < -0.4 is 5.32 Å². The van der Waals surface area contributed by atoms with E-state index in [2.05, 4.69) is 5.32 Å². The number of rotatable bonds is 4. The van der Waals surface area contributed by atoms with Crippen molar-refractivity contribution < 1.29 is 12.6 Å². The highest BCUT2D eigenvalue weighted by molar-refractivity contribution is 7.85. The Morgan fingerprint density at radius 2 is 1.65 bits per heavy atom. The van der Waals surface area contributed by atoms with Crippen LogP contribution >= 0.6 is 0 Å². The summed E-state index contributed by atoms with van der Waals surface area (Å²) < 4.78 is 28.2. The van der Waals surface area contributed by atoms with Crippen LogP contribution in [0, 0.1) is 11.3 Å². The fourth-order valence-electron chi connectivity index (χ4n) is 4.80. The van der Waals surface area contributed by atoms with Crippen LogP contribution in [0.1, 0.15) is 57.8 Å². The zero-order valence-corrected chi connectivity index (χ0v) is 13.3. The van der Waals surface area contributed by atoms with Gasteiger partial charge in [-0.3, -0.25) is 4.18 Å². The molecule has 2 aliphatic heterocycles. The topological polar surface area (TPSA) is 55.4 Å². The van der Waals surface area contributed by atoms with Gasteiger partial charge in [-0.25, -0.2) is 0 Å². The van der Waals surface area contributed by atoms with Gasteiger partial charge in [-0.1, -0.05) is 19.3 Å². The monoisotopic (exact) mass is 301 g/mol. The second-order valence-electron chi connectivity index (χ2n) is 7.21. The first kappa shape index (κ1) is 14.8. The maximum Gasteiger partial charge on any atom is 0.264 e. The van der Waals surface area contributed by atoms with Gasteiger partial charge in [0.2, 0.25) is 0 Å². The molecule has 1 saturated carbocycles. The Bertz CT molecular complexity index is 430. The van der Waals surface area contributed by atoms with E-state index in [-0.39, 0.29) is 5.41 Å². The first-order valence-electron chi connectivity index (χ1n) is 8.07. The van der Waals surface area contributed by atoms with E-state index in [9.17, 15) is 8.42 Å². The van der Waals surface area contributed by atoms with Crippen molar-refractivity contribution in [1.29, 1.82) is 0 Å². The van der Waals surface area contributed by atoms with E-state index in [4.69, 9.17) is 4.18 Å². The maximum absolute atomic E-state index is 11.4. The summed E-state index contributed by atoms with van der Waals surface area (Å²) in [5.41, 5.74) is 0.0978. The Morgan fingerprint density at radius 3 is 2.20 bits per heavy atom. The molecular weight excluding hydrogens is 274 g/mol. The van der Waals surface area contributed by atoms with Crippen molar-refractivity contribution in [3.63, 3.8) is 0 Å². The highest BCUT2D eigenvalue weighted by atomic mass is 32.2. The highest BCUT2D eigenvalue weighted by Crippen LogP contribution is 2.50. The standard InChI is InChI=1S/C15H27NO3S/c1-20(17,18)19-11-15(12-5-3-2-4-6-12)9-13-7-8-14(10-15)16-13/h12-14,16H,2-11H2,1H3. The van der Waals surface area contributed by atoms with E-state index in [0.29, 0.717) is 24.6 Å². The molecule has 3 fully saturated rings. The van der Waals surface area contributed by atoms with Gasteiger partial charge >= 0.3 is 0 Å². The largest absolute Gasteiger partial charge is 0.311 e. The molecule has 0 spiro atoms. The number of fused-ring (bicyclic) bond motifs is 2. The molecule has 0 aromatic rings. The van der Waals surface area contributed by atoms with Crippen LogP contribution in [0.25, 0.3) is 0 Å². The third kappa shape index (κ3) is 3.20.